The lowest BCUT2D eigenvalue weighted by molar-refractivity contribution is -0.138. The molecule has 0 saturated carbocycles. The van der Waals surface area contributed by atoms with E-state index in [0.29, 0.717) is 6.04 Å². The van der Waals surface area contributed by atoms with Crippen LogP contribution in [0.5, 0.6) is 0 Å². The molecule has 1 fully saturated rings. The molecule has 1 saturated heterocycles. The minimum absolute atomic E-state index is 0.0740. The lowest BCUT2D eigenvalue weighted by atomic mass is 9.99. The minimum atomic E-state index is -0.0740. The van der Waals surface area contributed by atoms with E-state index in [1.165, 1.54) is 12.0 Å². The molecule has 3 heteroatoms. The highest BCUT2D eigenvalue weighted by Gasteiger charge is 2.34. The third-order valence-corrected chi connectivity index (χ3v) is 3.99. The van der Waals surface area contributed by atoms with Gasteiger partial charge in [0, 0.05) is 25.7 Å². The summed E-state index contributed by atoms with van der Waals surface area (Å²) in [6.45, 7) is 12.8. The Balaban J connectivity index is 2.14. The molecule has 0 radical (unpaired) electrons. The standard InChI is InChI=1S/C18H30N2O/c1-5-11-19-12-17(16-9-7-6-8-10-16)20-13-15(2)21-18(3,4)14-20/h6-10,15,17,19H,5,11-14H2,1-4H3. The van der Waals surface area contributed by atoms with Crippen molar-refractivity contribution in [1.82, 2.24) is 10.2 Å². The molecule has 118 valence electrons. The van der Waals surface area contributed by atoms with E-state index < -0.39 is 0 Å². The minimum Gasteiger partial charge on any atom is -0.370 e. The molecule has 2 rings (SSSR count). The van der Waals surface area contributed by atoms with E-state index in [2.05, 4.69) is 68.2 Å². The molecule has 1 heterocycles. The molecule has 0 aromatic heterocycles. The first kappa shape index (κ1) is 16.5. The van der Waals surface area contributed by atoms with Gasteiger partial charge in [-0.05, 0) is 39.3 Å². The van der Waals surface area contributed by atoms with Gasteiger partial charge in [-0.15, -0.1) is 0 Å². The van der Waals surface area contributed by atoms with Gasteiger partial charge in [-0.1, -0.05) is 37.3 Å². The van der Waals surface area contributed by atoms with Gasteiger partial charge in [0.15, 0.2) is 0 Å². The summed E-state index contributed by atoms with van der Waals surface area (Å²) in [5, 5.41) is 3.59. The summed E-state index contributed by atoms with van der Waals surface area (Å²) in [4.78, 5) is 2.58. The average molecular weight is 290 g/mol. The van der Waals surface area contributed by atoms with Crippen LogP contribution in [-0.2, 0) is 4.74 Å². The zero-order chi connectivity index (χ0) is 15.3. The molecule has 0 aliphatic carbocycles. The van der Waals surface area contributed by atoms with E-state index in [9.17, 15) is 0 Å². The van der Waals surface area contributed by atoms with Crippen molar-refractivity contribution >= 4 is 0 Å². The van der Waals surface area contributed by atoms with Gasteiger partial charge in [0.05, 0.1) is 11.7 Å². The van der Waals surface area contributed by atoms with Crippen LogP contribution in [0.3, 0.4) is 0 Å². The molecule has 0 amide bonds. The van der Waals surface area contributed by atoms with Crippen LogP contribution in [-0.4, -0.2) is 42.8 Å². The highest BCUT2D eigenvalue weighted by molar-refractivity contribution is 5.20. The Labute approximate surface area is 129 Å². The molecule has 21 heavy (non-hydrogen) atoms. The van der Waals surface area contributed by atoms with Crippen LogP contribution < -0.4 is 5.32 Å². The summed E-state index contributed by atoms with van der Waals surface area (Å²) in [5.74, 6) is 0. The van der Waals surface area contributed by atoms with E-state index in [0.717, 1.165) is 26.2 Å². The Morgan fingerprint density at radius 3 is 2.67 bits per heavy atom. The normalized spacial score (nSPS) is 23.9. The van der Waals surface area contributed by atoms with Crippen molar-refractivity contribution in [3.63, 3.8) is 0 Å². The molecular weight excluding hydrogens is 260 g/mol. The maximum absolute atomic E-state index is 6.05. The maximum atomic E-state index is 6.05. The topological polar surface area (TPSA) is 24.5 Å². The monoisotopic (exact) mass is 290 g/mol. The van der Waals surface area contributed by atoms with Crippen LogP contribution >= 0.6 is 0 Å². The first-order valence-corrected chi connectivity index (χ1v) is 8.19. The summed E-state index contributed by atoms with van der Waals surface area (Å²) < 4.78 is 6.05. The van der Waals surface area contributed by atoms with Crippen molar-refractivity contribution in [2.75, 3.05) is 26.2 Å². The van der Waals surface area contributed by atoms with E-state index in [1.807, 2.05) is 0 Å². The molecule has 3 nitrogen and oxygen atoms in total. The quantitative estimate of drug-likeness (QED) is 0.814. The van der Waals surface area contributed by atoms with Crippen LogP contribution in [0.1, 0.15) is 45.7 Å². The molecule has 2 unspecified atom stereocenters. The molecule has 1 N–H and O–H groups in total. The van der Waals surface area contributed by atoms with Gasteiger partial charge in [0.2, 0.25) is 0 Å². The van der Waals surface area contributed by atoms with Crippen molar-refractivity contribution in [1.29, 1.82) is 0 Å². The molecular formula is C18H30N2O. The predicted molar refractivity (Wildman–Crippen MR) is 88.5 cm³/mol. The van der Waals surface area contributed by atoms with Gasteiger partial charge >= 0.3 is 0 Å². The number of ether oxygens (including phenoxy) is 1. The van der Waals surface area contributed by atoms with Gasteiger partial charge in [0.1, 0.15) is 0 Å². The fourth-order valence-electron chi connectivity index (χ4n) is 3.29. The zero-order valence-corrected chi connectivity index (χ0v) is 13.9. The number of morpholine rings is 1. The van der Waals surface area contributed by atoms with Gasteiger partial charge in [0.25, 0.3) is 0 Å². The van der Waals surface area contributed by atoms with Crippen molar-refractivity contribution < 1.29 is 4.74 Å². The third kappa shape index (κ3) is 4.80. The fraction of sp³-hybridized carbons (Fsp3) is 0.667. The number of benzene rings is 1. The molecule has 0 spiro atoms. The van der Waals surface area contributed by atoms with E-state index >= 15 is 0 Å². The molecule has 1 aromatic rings. The third-order valence-electron chi connectivity index (χ3n) is 3.99. The summed E-state index contributed by atoms with van der Waals surface area (Å²) in [6, 6.07) is 11.3. The van der Waals surface area contributed by atoms with Crippen LogP contribution in [0.2, 0.25) is 0 Å². The van der Waals surface area contributed by atoms with Gasteiger partial charge in [-0.25, -0.2) is 0 Å². The fourth-order valence-corrected chi connectivity index (χ4v) is 3.29. The zero-order valence-electron chi connectivity index (χ0n) is 13.9. The summed E-state index contributed by atoms with van der Waals surface area (Å²) >= 11 is 0. The van der Waals surface area contributed by atoms with Gasteiger partial charge in [-0.2, -0.15) is 0 Å². The molecule has 2 atom stereocenters. The van der Waals surface area contributed by atoms with Gasteiger partial charge in [-0.3, -0.25) is 4.90 Å². The highest BCUT2D eigenvalue weighted by Crippen LogP contribution is 2.28. The molecule has 1 aliphatic heterocycles. The Kier molecular flexibility index (Phi) is 5.80. The van der Waals surface area contributed by atoms with Crippen molar-refractivity contribution in [2.45, 2.75) is 51.9 Å². The smallest absolute Gasteiger partial charge is 0.0757 e. The Bertz CT molecular complexity index is 418. The molecule has 1 aliphatic rings. The highest BCUT2D eigenvalue weighted by atomic mass is 16.5. The number of hydrogen-bond donors (Lipinski definition) is 1. The van der Waals surface area contributed by atoms with E-state index in [4.69, 9.17) is 4.74 Å². The van der Waals surface area contributed by atoms with E-state index in [-0.39, 0.29) is 11.7 Å². The SMILES string of the molecule is CCCNCC(c1ccccc1)N1CC(C)OC(C)(C)C1. The van der Waals surface area contributed by atoms with Crippen molar-refractivity contribution in [2.24, 2.45) is 0 Å². The second kappa shape index (κ2) is 7.39. The first-order valence-electron chi connectivity index (χ1n) is 8.19. The maximum Gasteiger partial charge on any atom is 0.0757 e. The lowest BCUT2D eigenvalue weighted by Gasteiger charge is -2.45. The average Bonchev–Trinajstić information content (AvgIpc) is 2.42. The van der Waals surface area contributed by atoms with E-state index in [1.54, 1.807) is 0 Å². The Hall–Kier alpha value is -0.900. The van der Waals surface area contributed by atoms with Crippen LogP contribution in [0, 0.1) is 0 Å². The number of nitrogens with zero attached hydrogens (tertiary/aromatic N) is 1. The largest absolute Gasteiger partial charge is 0.370 e. The number of hydrogen-bond acceptors (Lipinski definition) is 3. The van der Waals surface area contributed by atoms with Crippen LogP contribution in [0.15, 0.2) is 30.3 Å². The number of nitrogens with one attached hydrogen (secondary N) is 1. The second-order valence-electron chi connectivity index (χ2n) is 6.75. The summed E-state index contributed by atoms with van der Waals surface area (Å²) in [7, 11) is 0. The van der Waals surface area contributed by atoms with Crippen LogP contribution in [0.4, 0.5) is 0 Å². The summed E-state index contributed by atoms with van der Waals surface area (Å²) in [5.41, 5.74) is 1.32. The summed E-state index contributed by atoms with van der Waals surface area (Å²) in [6.07, 6.45) is 1.46. The molecule has 0 bridgehead atoms. The van der Waals surface area contributed by atoms with Crippen LogP contribution in [0.25, 0.3) is 0 Å². The second-order valence-corrected chi connectivity index (χ2v) is 6.75. The Morgan fingerprint density at radius 2 is 2.05 bits per heavy atom. The van der Waals surface area contributed by atoms with Crippen molar-refractivity contribution in [3.05, 3.63) is 35.9 Å². The van der Waals surface area contributed by atoms with Gasteiger partial charge < -0.3 is 10.1 Å². The van der Waals surface area contributed by atoms with Crippen molar-refractivity contribution in [3.8, 4) is 0 Å². The Morgan fingerprint density at radius 1 is 1.33 bits per heavy atom. The first-order chi connectivity index (χ1) is 10.0. The predicted octanol–water partition coefficient (Wildman–Crippen LogP) is 3.23. The molecule has 1 aromatic carbocycles. The lowest BCUT2D eigenvalue weighted by Crippen LogP contribution is -2.54. The number of rotatable bonds is 6.